The van der Waals surface area contributed by atoms with E-state index in [1.54, 1.807) is 0 Å². The highest BCUT2D eigenvalue weighted by atomic mass is 32.2. The van der Waals surface area contributed by atoms with Crippen molar-refractivity contribution in [2.45, 2.75) is 114 Å². The first-order chi connectivity index (χ1) is 25.5. The minimum Gasteiger partial charge on any atom is -0.504 e. The highest BCUT2D eigenvalue weighted by Gasteiger charge is 2.60. The number of fused-ring (bicyclic) bond motifs is 10. The molecule has 6 aliphatic heterocycles. The van der Waals surface area contributed by atoms with Crippen molar-refractivity contribution in [1.29, 1.82) is 5.26 Å². The predicted molar refractivity (Wildman–Crippen MR) is 195 cm³/mol. The number of thioether (sulfide) groups is 1. The van der Waals surface area contributed by atoms with Crippen molar-refractivity contribution >= 4 is 29.6 Å². The summed E-state index contributed by atoms with van der Waals surface area (Å²) in [5, 5.41) is 25.3. The Labute approximate surface area is 314 Å². The Bertz CT molecular complexity index is 1860. The zero-order valence-corrected chi connectivity index (χ0v) is 32.0. The fourth-order valence-electron chi connectivity index (χ4n) is 9.22. The molecule has 1 amide bonds. The first-order valence-electron chi connectivity index (χ1n) is 18.5. The van der Waals surface area contributed by atoms with Crippen LogP contribution in [0.2, 0.25) is 0 Å². The van der Waals surface area contributed by atoms with Crippen molar-refractivity contribution in [3.63, 3.8) is 0 Å². The quantitative estimate of drug-likeness (QED) is 0.199. The fourth-order valence-corrected chi connectivity index (χ4v) is 10.7. The van der Waals surface area contributed by atoms with Gasteiger partial charge in [0.2, 0.25) is 12.7 Å². The molecule has 6 heterocycles. The number of nitrogens with one attached hydrogen (secondary N) is 1. The molecular weight excluding hydrogens is 701 g/mol. The van der Waals surface area contributed by atoms with Gasteiger partial charge in [-0.05, 0) is 44.9 Å². The Hall–Kier alpha value is -4.19. The van der Waals surface area contributed by atoms with Gasteiger partial charge in [0.05, 0.1) is 30.5 Å². The first-order valence-corrected chi connectivity index (χ1v) is 19.6. The van der Waals surface area contributed by atoms with Gasteiger partial charge in [-0.2, -0.15) is 5.26 Å². The molecule has 2 fully saturated rings. The SMILES string of the molecule is CCCCCCCC(=O)N[C@H]1CS[C@@H]2c3c(OC(C)=O)c(C)c4c(c3[C@@H](COC1=O)N1C2[C@H]2c3c(cc(C)c(OC)c3O)C[C@@H]([C@@H]1C#N)N2C)OCO4. The predicted octanol–water partition coefficient (Wildman–Crippen LogP) is 5.08. The summed E-state index contributed by atoms with van der Waals surface area (Å²) in [6.07, 6.45) is 5.73. The number of likely N-dealkylation sites (N-methyl/N-ethyl adjacent to an activating group) is 1. The minimum absolute atomic E-state index is 0.0453. The average molecular weight is 749 g/mol. The molecule has 14 heteroatoms. The van der Waals surface area contributed by atoms with Gasteiger partial charge in [0.15, 0.2) is 23.0 Å². The Morgan fingerprint density at radius 3 is 2.57 bits per heavy atom. The number of unbranched alkanes of at least 4 members (excludes halogenated alkanes) is 4. The molecule has 4 bridgehead atoms. The highest BCUT2D eigenvalue weighted by Crippen LogP contribution is 2.64. The third-order valence-corrected chi connectivity index (χ3v) is 12.9. The number of phenols is 1. The van der Waals surface area contributed by atoms with Gasteiger partial charge in [0.1, 0.15) is 24.4 Å². The van der Waals surface area contributed by atoms with E-state index < -0.39 is 47.4 Å². The molecule has 13 nitrogen and oxygen atoms in total. The normalized spacial score (nSPS) is 27.1. The number of aryl methyl sites for hydroxylation is 1. The van der Waals surface area contributed by atoms with Crippen molar-refractivity contribution in [3.8, 4) is 34.8 Å². The lowest BCUT2D eigenvalue weighted by atomic mass is 9.71. The van der Waals surface area contributed by atoms with Gasteiger partial charge in [-0.3, -0.25) is 19.4 Å². The number of phenolic OH excluding ortho intramolecular Hbond substituents is 1. The molecule has 0 spiro atoms. The zero-order valence-electron chi connectivity index (χ0n) is 31.2. The van der Waals surface area contributed by atoms with Crippen LogP contribution in [0.1, 0.15) is 103 Å². The van der Waals surface area contributed by atoms with Crippen LogP contribution in [0.5, 0.6) is 28.7 Å². The molecule has 6 aliphatic rings. The molecule has 0 aromatic heterocycles. The van der Waals surface area contributed by atoms with Crippen LogP contribution in [0.15, 0.2) is 6.07 Å². The lowest BCUT2D eigenvalue weighted by molar-refractivity contribution is -0.152. The van der Waals surface area contributed by atoms with Gasteiger partial charge in [-0.1, -0.05) is 38.7 Å². The summed E-state index contributed by atoms with van der Waals surface area (Å²) in [6, 6.07) is 1.06. The lowest BCUT2D eigenvalue weighted by Crippen LogP contribution is -2.69. The molecule has 2 N–H and O–H groups in total. The van der Waals surface area contributed by atoms with Crippen LogP contribution < -0.4 is 24.3 Å². The number of rotatable bonds is 9. The van der Waals surface area contributed by atoms with E-state index in [4.69, 9.17) is 23.7 Å². The topological polar surface area (TPSA) is 160 Å². The van der Waals surface area contributed by atoms with Crippen LogP contribution in [0.25, 0.3) is 0 Å². The summed E-state index contributed by atoms with van der Waals surface area (Å²) in [5.74, 6) is 0.507. The van der Waals surface area contributed by atoms with Crippen molar-refractivity contribution in [2.75, 3.05) is 33.3 Å². The Morgan fingerprint density at radius 2 is 1.85 bits per heavy atom. The van der Waals surface area contributed by atoms with Crippen molar-refractivity contribution in [3.05, 3.63) is 39.4 Å². The number of nitrogens with zero attached hydrogens (tertiary/aromatic N) is 3. The summed E-state index contributed by atoms with van der Waals surface area (Å²) < 4.78 is 30.0. The summed E-state index contributed by atoms with van der Waals surface area (Å²) in [5.41, 5.74) is 4.36. The van der Waals surface area contributed by atoms with E-state index in [1.165, 1.54) is 25.8 Å². The largest absolute Gasteiger partial charge is 0.504 e. The number of ether oxygens (including phenoxy) is 5. The van der Waals surface area contributed by atoms with Crippen LogP contribution in [0.4, 0.5) is 0 Å². The molecule has 0 aliphatic carbocycles. The molecule has 8 rings (SSSR count). The molecule has 7 atom stereocenters. The lowest BCUT2D eigenvalue weighted by Gasteiger charge is -2.61. The Morgan fingerprint density at radius 1 is 1.09 bits per heavy atom. The number of aromatic hydroxyl groups is 1. The van der Waals surface area contributed by atoms with E-state index in [0.717, 1.165) is 43.2 Å². The van der Waals surface area contributed by atoms with Crippen LogP contribution in [0, 0.1) is 25.2 Å². The van der Waals surface area contributed by atoms with Gasteiger partial charge >= 0.3 is 11.9 Å². The second kappa shape index (κ2) is 14.9. The van der Waals surface area contributed by atoms with Crippen molar-refractivity contribution in [1.82, 2.24) is 15.1 Å². The van der Waals surface area contributed by atoms with E-state index >= 15 is 0 Å². The van der Waals surface area contributed by atoms with Crippen LogP contribution in [0.3, 0.4) is 0 Å². The van der Waals surface area contributed by atoms with Crippen molar-refractivity contribution < 1.29 is 43.2 Å². The molecule has 2 saturated heterocycles. The van der Waals surface area contributed by atoms with E-state index in [-0.39, 0.29) is 36.9 Å². The molecule has 2 aromatic carbocycles. The third kappa shape index (κ3) is 6.24. The maximum Gasteiger partial charge on any atom is 0.329 e. The van der Waals surface area contributed by atoms with Crippen molar-refractivity contribution in [2.24, 2.45) is 0 Å². The fraction of sp³-hybridized carbons (Fsp3) is 0.590. The number of hydrogen-bond donors (Lipinski definition) is 2. The average Bonchev–Trinajstić information content (AvgIpc) is 3.61. The van der Waals surface area contributed by atoms with Gasteiger partial charge in [0, 0.05) is 53.4 Å². The van der Waals surface area contributed by atoms with E-state index in [9.17, 15) is 24.8 Å². The Balaban J connectivity index is 1.40. The zero-order chi connectivity index (χ0) is 37.7. The van der Waals surface area contributed by atoms with Gasteiger partial charge < -0.3 is 34.1 Å². The molecule has 284 valence electrons. The van der Waals surface area contributed by atoms with Gasteiger partial charge in [0.25, 0.3) is 0 Å². The minimum atomic E-state index is -0.942. The number of carbonyl (C=O) groups excluding carboxylic acids is 3. The van der Waals surface area contributed by atoms with Gasteiger partial charge in [-0.25, -0.2) is 4.79 Å². The van der Waals surface area contributed by atoms with Gasteiger partial charge in [-0.15, -0.1) is 11.8 Å². The van der Waals surface area contributed by atoms with Crippen LogP contribution in [-0.4, -0.2) is 90.2 Å². The monoisotopic (exact) mass is 748 g/mol. The molecule has 1 unspecified atom stereocenters. The summed E-state index contributed by atoms with van der Waals surface area (Å²) >= 11 is 1.43. The number of carbonyl (C=O) groups is 3. The van der Waals surface area contributed by atoms with E-state index in [0.29, 0.717) is 58.1 Å². The number of piperazine rings is 1. The van der Waals surface area contributed by atoms with E-state index in [2.05, 4.69) is 28.1 Å². The number of esters is 2. The second-order valence-corrected chi connectivity index (χ2v) is 15.8. The molecular formula is C39H48N4O9S. The number of methoxy groups -OCH3 is 1. The first kappa shape index (κ1) is 37.1. The molecule has 53 heavy (non-hydrogen) atoms. The standard InChI is InChI=1S/C39H48N4O9S/c1-7-8-9-10-11-12-27(45)41-23-17-53-38-30-29(37-36(50-18-51-37)20(3)35(30)52-21(4)44)26(16-49-39(23)47)43-25(15-40)24-14-22-13-19(2)34(48-6)33(46)28(22)31(32(38)43)42(24)5/h13,23-26,31-32,38,46H,7-12,14,16-18H2,1-6H3,(H,41,45)/t23-,24-,25-,26+,31+,32?,38+/m0/s1. The van der Waals surface area contributed by atoms with Crippen LogP contribution in [-0.2, 0) is 25.5 Å². The summed E-state index contributed by atoms with van der Waals surface area (Å²) in [7, 11) is 3.51. The maximum absolute atomic E-state index is 13.8. The van der Waals surface area contributed by atoms with E-state index in [1.807, 2.05) is 27.0 Å². The molecule has 2 aromatic rings. The number of benzene rings is 2. The number of hydrogen-bond acceptors (Lipinski definition) is 13. The summed E-state index contributed by atoms with van der Waals surface area (Å²) in [6.45, 7) is 6.98. The maximum atomic E-state index is 13.8. The highest BCUT2D eigenvalue weighted by molar-refractivity contribution is 7.99. The van der Waals surface area contributed by atoms with Crippen LogP contribution >= 0.6 is 11.8 Å². The molecule has 0 radical (unpaired) electrons. The second-order valence-electron chi connectivity index (χ2n) is 14.7. The molecule has 0 saturated carbocycles. The summed E-state index contributed by atoms with van der Waals surface area (Å²) in [4.78, 5) is 44.1. The Kier molecular flexibility index (Phi) is 10.5. The number of nitriles is 1. The smallest absolute Gasteiger partial charge is 0.329 e. The third-order valence-electron chi connectivity index (χ3n) is 11.5. The number of amides is 1.